The van der Waals surface area contributed by atoms with Crippen LogP contribution in [0.25, 0.3) is 0 Å². The minimum Gasteiger partial charge on any atom is -0.452 e. The Kier molecular flexibility index (Phi) is 3.55. The second-order valence-electron chi connectivity index (χ2n) is 4.77. The Morgan fingerprint density at radius 2 is 2.00 bits per heavy atom. The molecule has 0 radical (unpaired) electrons. The van der Waals surface area contributed by atoms with Crippen LogP contribution in [0.3, 0.4) is 0 Å². The number of aryl methyl sites for hydroxylation is 1. The maximum Gasteiger partial charge on any atom is 0.224 e. The van der Waals surface area contributed by atoms with Gasteiger partial charge in [-0.25, -0.2) is 4.39 Å². The zero-order valence-electron chi connectivity index (χ0n) is 11.0. The molecular formula is C15H12BrFN2O2. The van der Waals surface area contributed by atoms with Crippen molar-refractivity contribution in [2.24, 2.45) is 0 Å². The van der Waals surface area contributed by atoms with Crippen LogP contribution in [0.1, 0.15) is 12.0 Å². The van der Waals surface area contributed by atoms with Gasteiger partial charge in [0.25, 0.3) is 0 Å². The fraction of sp³-hybridized carbons (Fsp3) is 0.133. The molecule has 0 atom stereocenters. The summed E-state index contributed by atoms with van der Waals surface area (Å²) in [4.78, 5) is 11.4. The predicted molar refractivity (Wildman–Crippen MR) is 82.0 cm³/mol. The minimum absolute atomic E-state index is 0.0492. The molecule has 0 saturated carbocycles. The van der Waals surface area contributed by atoms with Crippen molar-refractivity contribution in [2.75, 3.05) is 11.1 Å². The van der Waals surface area contributed by atoms with E-state index < -0.39 is 5.82 Å². The number of nitrogens with one attached hydrogen (secondary N) is 1. The van der Waals surface area contributed by atoms with Crippen molar-refractivity contribution in [2.45, 2.75) is 12.8 Å². The Balaban J connectivity index is 1.97. The Morgan fingerprint density at radius 1 is 1.19 bits per heavy atom. The molecule has 3 N–H and O–H groups in total. The lowest BCUT2D eigenvalue weighted by Gasteiger charge is -2.19. The lowest BCUT2D eigenvalue weighted by atomic mass is 10.0. The molecule has 2 aromatic carbocycles. The van der Waals surface area contributed by atoms with Gasteiger partial charge in [-0.3, -0.25) is 4.79 Å². The predicted octanol–water partition coefficient (Wildman–Crippen LogP) is 3.85. The van der Waals surface area contributed by atoms with Crippen LogP contribution in [0.15, 0.2) is 34.8 Å². The molecule has 21 heavy (non-hydrogen) atoms. The molecule has 1 aliphatic heterocycles. The molecule has 0 spiro atoms. The van der Waals surface area contributed by atoms with Crippen LogP contribution >= 0.6 is 15.9 Å². The summed E-state index contributed by atoms with van der Waals surface area (Å²) in [6, 6.07) is 7.78. The van der Waals surface area contributed by atoms with Gasteiger partial charge in [0.05, 0.1) is 5.69 Å². The highest BCUT2D eigenvalue weighted by molar-refractivity contribution is 9.10. The third-order valence-electron chi connectivity index (χ3n) is 3.24. The second kappa shape index (κ2) is 5.37. The number of nitrogen functional groups attached to an aromatic ring is 1. The average Bonchev–Trinajstić information content (AvgIpc) is 2.44. The highest BCUT2D eigenvalue weighted by atomic mass is 79.9. The van der Waals surface area contributed by atoms with Crippen LogP contribution in [0.5, 0.6) is 11.5 Å². The van der Waals surface area contributed by atoms with E-state index in [2.05, 4.69) is 21.2 Å². The number of anilines is 2. The van der Waals surface area contributed by atoms with E-state index in [1.807, 2.05) is 0 Å². The van der Waals surface area contributed by atoms with Crippen LogP contribution in [0.4, 0.5) is 15.8 Å². The van der Waals surface area contributed by atoms with Gasteiger partial charge in [-0.2, -0.15) is 0 Å². The number of carbonyl (C=O) groups excluding carboxylic acids is 1. The van der Waals surface area contributed by atoms with E-state index in [0.29, 0.717) is 34.4 Å². The molecule has 2 aromatic rings. The molecule has 108 valence electrons. The monoisotopic (exact) mass is 350 g/mol. The summed E-state index contributed by atoms with van der Waals surface area (Å²) in [6.07, 6.45) is 1.07. The average molecular weight is 351 g/mol. The lowest BCUT2D eigenvalue weighted by Crippen LogP contribution is -2.19. The number of halogens is 2. The molecule has 3 rings (SSSR count). The first-order chi connectivity index (χ1) is 10.0. The lowest BCUT2D eigenvalue weighted by molar-refractivity contribution is -0.116. The summed E-state index contributed by atoms with van der Waals surface area (Å²) in [5, 5.41) is 2.76. The van der Waals surface area contributed by atoms with Crippen LogP contribution in [-0.4, -0.2) is 5.91 Å². The van der Waals surface area contributed by atoms with Crippen molar-refractivity contribution < 1.29 is 13.9 Å². The van der Waals surface area contributed by atoms with Crippen molar-refractivity contribution in [3.8, 4) is 11.5 Å². The number of rotatable bonds is 2. The molecule has 1 heterocycles. The number of ether oxygens (including phenoxy) is 1. The maximum atomic E-state index is 13.7. The fourth-order valence-electron chi connectivity index (χ4n) is 2.19. The Bertz CT molecular complexity index is 734. The molecule has 0 fully saturated rings. The fourth-order valence-corrected chi connectivity index (χ4v) is 2.53. The molecular weight excluding hydrogens is 339 g/mol. The van der Waals surface area contributed by atoms with Crippen molar-refractivity contribution >= 4 is 33.2 Å². The number of nitrogens with two attached hydrogens (primary N) is 1. The number of fused-ring (bicyclic) bond motifs is 1. The van der Waals surface area contributed by atoms with Gasteiger partial charge in [-0.1, -0.05) is 15.9 Å². The van der Waals surface area contributed by atoms with Gasteiger partial charge >= 0.3 is 0 Å². The van der Waals surface area contributed by atoms with Gasteiger partial charge in [0.2, 0.25) is 5.91 Å². The van der Waals surface area contributed by atoms with Gasteiger partial charge < -0.3 is 15.8 Å². The summed E-state index contributed by atoms with van der Waals surface area (Å²) in [6.45, 7) is 0. The molecule has 1 aliphatic rings. The number of hydrogen-bond donors (Lipinski definition) is 2. The zero-order chi connectivity index (χ0) is 15.0. The number of carbonyl (C=O) groups is 1. The molecule has 4 nitrogen and oxygen atoms in total. The van der Waals surface area contributed by atoms with E-state index in [-0.39, 0.29) is 11.7 Å². The minimum atomic E-state index is -0.487. The van der Waals surface area contributed by atoms with E-state index in [0.717, 1.165) is 5.56 Å². The highest BCUT2D eigenvalue weighted by Crippen LogP contribution is 2.36. The molecule has 0 unspecified atom stereocenters. The Hall–Kier alpha value is -2.08. The third-order valence-corrected chi connectivity index (χ3v) is 3.74. The highest BCUT2D eigenvalue weighted by Gasteiger charge is 2.18. The van der Waals surface area contributed by atoms with E-state index in [1.54, 1.807) is 18.2 Å². The maximum absolute atomic E-state index is 13.7. The summed E-state index contributed by atoms with van der Waals surface area (Å²) >= 11 is 3.26. The van der Waals surface area contributed by atoms with Crippen LogP contribution in [0, 0.1) is 5.82 Å². The summed E-state index contributed by atoms with van der Waals surface area (Å²) in [5.41, 5.74) is 7.96. The van der Waals surface area contributed by atoms with Gasteiger partial charge in [0, 0.05) is 22.6 Å². The number of amides is 1. The van der Waals surface area contributed by atoms with Crippen molar-refractivity contribution in [3.05, 3.63) is 46.2 Å². The summed E-state index contributed by atoms with van der Waals surface area (Å²) in [5.74, 6) is -0.155. The first-order valence-electron chi connectivity index (χ1n) is 6.38. The number of benzene rings is 2. The van der Waals surface area contributed by atoms with Crippen molar-refractivity contribution in [1.29, 1.82) is 0 Å². The third kappa shape index (κ3) is 2.85. The topological polar surface area (TPSA) is 64.3 Å². The van der Waals surface area contributed by atoms with E-state index in [1.165, 1.54) is 12.1 Å². The van der Waals surface area contributed by atoms with Gasteiger partial charge in [-0.15, -0.1) is 0 Å². The molecule has 0 aliphatic carbocycles. The van der Waals surface area contributed by atoms with Crippen molar-refractivity contribution in [3.63, 3.8) is 0 Å². The van der Waals surface area contributed by atoms with Crippen LogP contribution < -0.4 is 15.8 Å². The smallest absolute Gasteiger partial charge is 0.224 e. The summed E-state index contributed by atoms with van der Waals surface area (Å²) < 4.78 is 20.0. The second-order valence-corrected chi connectivity index (χ2v) is 5.69. The first-order valence-corrected chi connectivity index (χ1v) is 7.17. The van der Waals surface area contributed by atoms with Crippen LogP contribution in [-0.2, 0) is 11.2 Å². The van der Waals surface area contributed by atoms with Gasteiger partial charge in [-0.05, 0) is 36.2 Å². The normalized spacial score (nSPS) is 13.5. The van der Waals surface area contributed by atoms with Gasteiger partial charge in [0.15, 0.2) is 17.3 Å². The molecule has 6 heteroatoms. The SMILES string of the molecule is Nc1cc2c(cc1Oc1cc(Br)ccc1F)NC(=O)CC2. The van der Waals surface area contributed by atoms with E-state index in [9.17, 15) is 9.18 Å². The molecule has 0 bridgehead atoms. The molecule has 1 amide bonds. The Morgan fingerprint density at radius 3 is 2.81 bits per heavy atom. The Labute approximate surface area is 129 Å². The van der Waals surface area contributed by atoms with Crippen LogP contribution in [0.2, 0.25) is 0 Å². The largest absolute Gasteiger partial charge is 0.452 e. The number of hydrogen-bond acceptors (Lipinski definition) is 3. The molecule has 0 aromatic heterocycles. The van der Waals surface area contributed by atoms with Crippen molar-refractivity contribution in [1.82, 2.24) is 0 Å². The quantitative estimate of drug-likeness (QED) is 0.808. The van der Waals surface area contributed by atoms with Gasteiger partial charge in [0.1, 0.15) is 0 Å². The van der Waals surface area contributed by atoms with E-state index >= 15 is 0 Å². The zero-order valence-corrected chi connectivity index (χ0v) is 12.5. The standard InChI is InChI=1S/C15H12BrFN2O2/c16-9-2-3-10(17)13(6-9)21-14-7-12-8(5-11(14)18)1-4-15(20)19-12/h2-3,5-7H,1,4,18H2,(H,19,20). The van der Waals surface area contributed by atoms with E-state index in [4.69, 9.17) is 10.5 Å². The first kappa shape index (κ1) is 13.9. The summed E-state index contributed by atoms with van der Waals surface area (Å²) in [7, 11) is 0. The molecule has 0 saturated heterocycles.